The Morgan fingerprint density at radius 3 is 2.61 bits per heavy atom. The Balaban J connectivity index is 1.56. The van der Waals surface area contributed by atoms with Crippen LogP contribution < -0.4 is 5.32 Å². The van der Waals surface area contributed by atoms with Crippen LogP contribution in [-0.4, -0.2) is 28.6 Å². The minimum atomic E-state index is -0.00854. The number of nitrogens with one attached hydrogen (secondary N) is 1. The average molecular weight is 310 g/mol. The van der Waals surface area contributed by atoms with Gasteiger partial charge in [0.15, 0.2) is 0 Å². The van der Waals surface area contributed by atoms with Crippen molar-refractivity contribution in [1.82, 2.24) is 10.2 Å². The summed E-state index contributed by atoms with van der Waals surface area (Å²) in [6, 6.07) is 15.4. The first-order valence-electron chi connectivity index (χ1n) is 8.02. The molecule has 1 atom stereocenters. The fourth-order valence-corrected chi connectivity index (χ4v) is 3.01. The van der Waals surface area contributed by atoms with E-state index in [-0.39, 0.29) is 17.8 Å². The lowest BCUT2D eigenvalue weighted by molar-refractivity contribution is 0.189. The lowest BCUT2D eigenvalue weighted by Gasteiger charge is -2.30. The molecule has 2 aromatic carbocycles. The van der Waals surface area contributed by atoms with E-state index in [9.17, 15) is 9.90 Å². The van der Waals surface area contributed by atoms with Gasteiger partial charge in [-0.05, 0) is 48.6 Å². The predicted octanol–water partition coefficient (Wildman–Crippen LogP) is 3.09. The van der Waals surface area contributed by atoms with Crippen LogP contribution in [0.3, 0.4) is 0 Å². The zero-order valence-corrected chi connectivity index (χ0v) is 13.3. The second kappa shape index (κ2) is 6.73. The molecule has 0 saturated carbocycles. The van der Waals surface area contributed by atoms with Crippen LogP contribution >= 0.6 is 0 Å². The van der Waals surface area contributed by atoms with E-state index >= 15 is 0 Å². The highest BCUT2D eigenvalue weighted by atomic mass is 16.3. The second-order valence-corrected chi connectivity index (χ2v) is 6.16. The molecule has 0 aliphatic carbocycles. The van der Waals surface area contributed by atoms with E-state index < -0.39 is 0 Å². The molecule has 0 radical (unpaired) electrons. The number of benzene rings is 2. The quantitative estimate of drug-likeness (QED) is 0.915. The SMILES string of the molecule is CC(Cc1ccc(O)cc1)NC(=O)N1CCc2ccccc2C1. The van der Waals surface area contributed by atoms with Gasteiger partial charge < -0.3 is 15.3 Å². The molecular weight excluding hydrogens is 288 g/mol. The molecule has 1 aliphatic rings. The number of fused-ring (bicyclic) bond motifs is 1. The highest BCUT2D eigenvalue weighted by molar-refractivity contribution is 5.75. The van der Waals surface area contributed by atoms with E-state index in [4.69, 9.17) is 0 Å². The topological polar surface area (TPSA) is 52.6 Å². The third-order valence-electron chi connectivity index (χ3n) is 4.27. The Morgan fingerprint density at radius 1 is 1.17 bits per heavy atom. The number of phenolic OH excluding ortho intramolecular Hbond substituents is 1. The Kier molecular flexibility index (Phi) is 4.51. The maximum absolute atomic E-state index is 12.4. The van der Waals surface area contributed by atoms with Gasteiger partial charge in [-0.1, -0.05) is 36.4 Å². The van der Waals surface area contributed by atoms with Crippen LogP contribution in [-0.2, 0) is 19.4 Å². The van der Waals surface area contributed by atoms with Crippen LogP contribution in [0.15, 0.2) is 48.5 Å². The molecule has 3 rings (SSSR count). The Labute approximate surface area is 136 Å². The van der Waals surface area contributed by atoms with Crippen molar-refractivity contribution in [2.24, 2.45) is 0 Å². The van der Waals surface area contributed by atoms with Crippen LogP contribution in [0.5, 0.6) is 5.75 Å². The van der Waals surface area contributed by atoms with Crippen LogP contribution in [0, 0.1) is 0 Å². The van der Waals surface area contributed by atoms with Gasteiger partial charge in [0.05, 0.1) is 0 Å². The van der Waals surface area contributed by atoms with Crippen LogP contribution in [0.25, 0.3) is 0 Å². The predicted molar refractivity (Wildman–Crippen MR) is 90.4 cm³/mol. The summed E-state index contributed by atoms with van der Waals surface area (Å²) in [5, 5.41) is 12.4. The molecular formula is C19H22N2O2. The normalized spacial score (nSPS) is 14.9. The fourth-order valence-electron chi connectivity index (χ4n) is 3.01. The molecule has 120 valence electrons. The summed E-state index contributed by atoms with van der Waals surface area (Å²) in [5.74, 6) is 0.262. The number of carbonyl (C=O) groups is 1. The average Bonchev–Trinajstić information content (AvgIpc) is 2.56. The van der Waals surface area contributed by atoms with E-state index in [0.29, 0.717) is 6.54 Å². The molecule has 2 aromatic rings. The molecule has 2 amide bonds. The summed E-state index contributed by atoms with van der Waals surface area (Å²) in [6.07, 6.45) is 1.66. The van der Waals surface area contributed by atoms with Gasteiger partial charge in [-0.2, -0.15) is 0 Å². The molecule has 1 unspecified atom stereocenters. The number of rotatable bonds is 3. The maximum atomic E-state index is 12.4. The highest BCUT2D eigenvalue weighted by Crippen LogP contribution is 2.18. The summed E-state index contributed by atoms with van der Waals surface area (Å²) in [4.78, 5) is 14.3. The van der Waals surface area contributed by atoms with Crippen molar-refractivity contribution < 1.29 is 9.90 Å². The van der Waals surface area contributed by atoms with Crippen LogP contribution in [0.1, 0.15) is 23.6 Å². The van der Waals surface area contributed by atoms with Crippen LogP contribution in [0.2, 0.25) is 0 Å². The zero-order chi connectivity index (χ0) is 16.2. The number of amides is 2. The lowest BCUT2D eigenvalue weighted by atomic mass is 10.0. The maximum Gasteiger partial charge on any atom is 0.317 e. The fraction of sp³-hybridized carbons (Fsp3) is 0.316. The molecule has 0 bridgehead atoms. The van der Waals surface area contributed by atoms with Gasteiger partial charge in [0.25, 0.3) is 0 Å². The van der Waals surface area contributed by atoms with E-state index in [2.05, 4.69) is 17.4 Å². The third-order valence-corrected chi connectivity index (χ3v) is 4.27. The summed E-state index contributed by atoms with van der Waals surface area (Å²) >= 11 is 0. The molecule has 0 aromatic heterocycles. The number of phenols is 1. The van der Waals surface area contributed by atoms with Gasteiger partial charge in [0.2, 0.25) is 0 Å². The molecule has 1 aliphatic heterocycles. The van der Waals surface area contributed by atoms with Gasteiger partial charge >= 0.3 is 6.03 Å². The van der Waals surface area contributed by atoms with E-state index in [1.807, 2.05) is 36.1 Å². The number of hydrogen-bond acceptors (Lipinski definition) is 2. The van der Waals surface area contributed by atoms with Crippen molar-refractivity contribution in [3.05, 3.63) is 65.2 Å². The smallest absolute Gasteiger partial charge is 0.317 e. The molecule has 1 heterocycles. The molecule has 4 heteroatoms. The number of hydrogen-bond donors (Lipinski definition) is 2. The summed E-state index contributed by atoms with van der Waals surface area (Å²) in [5.41, 5.74) is 3.67. The van der Waals surface area contributed by atoms with Gasteiger partial charge in [0.1, 0.15) is 5.75 Å². The zero-order valence-electron chi connectivity index (χ0n) is 13.3. The number of urea groups is 1. The molecule has 0 fully saturated rings. The van der Waals surface area contributed by atoms with Gasteiger partial charge in [-0.15, -0.1) is 0 Å². The van der Waals surface area contributed by atoms with Crippen molar-refractivity contribution in [2.75, 3.05) is 6.54 Å². The highest BCUT2D eigenvalue weighted by Gasteiger charge is 2.21. The Morgan fingerprint density at radius 2 is 1.87 bits per heavy atom. The minimum Gasteiger partial charge on any atom is -0.508 e. The third kappa shape index (κ3) is 3.83. The number of carbonyl (C=O) groups excluding carboxylic acids is 1. The Bertz CT molecular complexity index is 682. The second-order valence-electron chi connectivity index (χ2n) is 6.16. The Hall–Kier alpha value is -2.49. The molecule has 23 heavy (non-hydrogen) atoms. The van der Waals surface area contributed by atoms with Crippen LogP contribution in [0.4, 0.5) is 4.79 Å². The lowest BCUT2D eigenvalue weighted by Crippen LogP contribution is -2.46. The first kappa shape index (κ1) is 15.4. The minimum absolute atomic E-state index is 0.00854. The van der Waals surface area contributed by atoms with Gasteiger partial charge in [-0.25, -0.2) is 4.79 Å². The molecule has 2 N–H and O–H groups in total. The molecule has 0 spiro atoms. The first-order chi connectivity index (χ1) is 11.1. The summed E-state index contributed by atoms with van der Waals surface area (Å²) in [6.45, 7) is 3.44. The van der Waals surface area contributed by atoms with E-state index in [0.717, 1.165) is 24.9 Å². The first-order valence-corrected chi connectivity index (χ1v) is 8.02. The number of nitrogens with zero attached hydrogens (tertiary/aromatic N) is 1. The monoisotopic (exact) mass is 310 g/mol. The van der Waals surface area contributed by atoms with Crippen molar-refractivity contribution in [3.8, 4) is 5.75 Å². The summed E-state index contributed by atoms with van der Waals surface area (Å²) in [7, 11) is 0. The van der Waals surface area contributed by atoms with Gasteiger partial charge in [-0.3, -0.25) is 0 Å². The van der Waals surface area contributed by atoms with Crippen molar-refractivity contribution in [1.29, 1.82) is 0 Å². The van der Waals surface area contributed by atoms with Crippen molar-refractivity contribution in [3.63, 3.8) is 0 Å². The molecule has 4 nitrogen and oxygen atoms in total. The van der Waals surface area contributed by atoms with Crippen molar-refractivity contribution >= 4 is 6.03 Å². The number of aromatic hydroxyl groups is 1. The molecule has 0 saturated heterocycles. The standard InChI is InChI=1S/C19H22N2O2/c1-14(12-15-6-8-18(22)9-7-15)20-19(23)21-11-10-16-4-2-3-5-17(16)13-21/h2-9,14,22H,10-13H2,1H3,(H,20,23). The van der Waals surface area contributed by atoms with Gasteiger partial charge in [0, 0.05) is 19.1 Å². The van der Waals surface area contributed by atoms with E-state index in [1.54, 1.807) is 12.1 Å². The summed E-state index contributed by atoms with van der Waals surface area (Å²) < 4.78 is 0. The largest absolute Gasteiger partial charge is 0.508 e. The van der Waals surface area contributed by atoms with Crippen molar-refractivity contribution in [2.45, 2.75) is 32.4 Å². The van der Waals surface area contributed by atoms with E-state index in [1.165, 1.54) is 11.1 Å².